The number of hydrogen-bond acceptors (Lipinski definition) is 7. The van der Waals surface area contributed by atoms with E-state index in [-0.39, 0.29) is 29.8 Å². The first-order chi connectivity index (χ1) is 19.7. The van der Waals surface area contributed by atoms with E-state index < -0.39 is 35.4 Å². The van der Waals surface area contributed by atoms with Crippen LogP contribution in [0.2, 0.25) is 0 Å². The first-order valence-electron chi connectivity index (χ1n) is 14.8. The van der Waals surface area contributed by atoms with Crippen molar-refractivity contribution in [3.05, 3.63) is 15.8 Å². The Balaban J connectivity index is 1.51. The summed E-state index contributed by atoms with van der Waals surface area (Å²) >= 11 is 1.06. The molecule has 0 aromatic carbocycles. The summed E-state index contributed by atoms with van der Waals surface area (Å²) in [5.74, 6) is 4.92. The van der Waals surface area contributed by atoms with Crippen molar-refractivity contribution < 1.29 is 33.8 Å². The van der Waals surface area contributed by atoms with Crippen molar-refractivity contribution in [1.29, 1.82) is 0 Å². The molecule has 2 atom stereocenters. The molecular formula is C31H43N3O7S. The van der Waals surface area contributed by atoms with Crippen LogP contribution in [-0.2, 0) is 14.3 Å². The molecule has 11 heteroatoms. The van der Waals surface area contributed by atoms with Crippen molar-refractivity contribution in [1.82, 2.24) is 9.80 Å². The van der Waals surface area contributed by atoms with Crippen LogP contribution in [0, 0.1) is 23.7 Å². The van der Waals surface area contributed by atoms with Crippen molar-refractivity contribution in [2.45, 2.75) is 97.3 Å². The van der Waals surface area contributed by atoms with Gasteiger partial charge in [0, 0.05) is 32.0 Å². The average molecular weight is 602 g/mol. The lowest BCUT2D eigenvalue weighted by Crippen LogP contribution is -2.47. The third kappa shape index (κ3) is 7.38. The van der Waals surface area contributed by atoms with Crippen LogP contribution in [0.15, 0.2) is 6.07 Å². The van der Waals surface area contributed by atoms with Gasteiger partial charge in [0.25, 0.3) is 0 Å². The van der Waals surface area contributed by atoms with Crippen LogP contribution in [0.5, 0.6) is 0 Å². The molecule has 2 aliphatic heterocycles. The smallest absolute Gasteiger partial charge is 0.410 e. The van der Waals surface area contributed by atoms with Crippen molar-refractivity contribution >= 4 is 41.1 Å². The Hall–Kier alpha value is -3.26. The van der Waals surface area contributed by atoms with Gasteiger partial charge >= 0.3 is 18.2 Å². The molecule has 3 heterocycles. The summed E-state index contributed by atoms with van der Waals surface area (Å²) in [7, 11) is 0. The molecular weight excluding hydrogens is 558 g/mol. The minimum atomic E-state index is -1.10. The number of rotatable bonds is 5. The monoisotopic (exact) mass is 601 g/mol. The molecule has 1 unspecified atom stereocenters. The van der Waals surface area contributed by atoms with Gasteiger partial charge in [-0.25, -0.2) is 14.4 Å². The summed E-state index contributed by atoms with van der Waals surface area (Å²) < 4.78 is 11.4. The normalized spacial score (nSPS) is 25.9. The van der Waals surface area contributed by atoms with Crippen molar-refractivity contribution in [2.24, 2.45) is 11.8 Å². The molecule has 3 fully saturated rings. The molecule has 0 spiro atoms. The number of carboxylic acids is 1. The number of amides is 3. The number of hydrogen-bond donors (Lipinski definition) is 1. The zero-order valence-corrected chi connectivity index (χ0v) is 26.3. The summed E-state index contributed by atoms with van der Waals surface area (Å²) in [6.45, 7) is 12.3. The lowest BCUT2D eigenvalue weighted by molar-refractivity contribution is -0.124. The maximum atomic E-state index is 14.1. The first kappa shape index (κ1) is 31.7. The second-order valence-corrected chi connectivity index (χ2v) is 14.1. The fraction of sp³-hybridized carbons (Fsp3) is 0.677. The number of aromatic carboxylic acids is 1. The van der Waals surface area contributed by atoms with Gasteiger partial charge in [-0.1, -0.05) is 12.8 Å². The van der Waals surface area contributed by atoms with Crippen molar-refractivity contribution in [2.75, 3.05) is 31.1 Å². The van der Waals surface area contributed by atoms with Gasteiger partial charge in [-0.15, -0.1) is 17.3 Å². The number of carbonyl (C=O) groups is 4. The van der Waals surface area contributed by atoms with Crippen LogP contribution in [0.1, 0.15) is 94.6 Å². The van der Waals surface area contributed by atoms with Gasteiger partial charge in [0.05, 0.1) is 23.2 Å². The Morgan fingerprint density at radius 3 is 2.38 bits per heavy atom. The van der Waals surface area contributed by atoms with E-state index in [4.69, 9.17) is 9.47 Å². The first-order valence-corrected chi connectivity index (χ1v) is 15.6. The predicted octanol–water partition coefficient (Wildman–Crippen LogP) is 5.59. The molecule has 230 valence electrons. The molecule has 0 radical (unpaired) electrons. The Morgan fingerprint density at radius 1 is 1.07 bits per heavy atom. The van der Waals surface area contributed by atoms with E-state index in [0.717, 1.165) is 37.0 Å². The summed E-state index contributed by atoms with van der Waals surface area (Å²) in [4.78, 5) is 57.6. The number of nitrogens with zero attached hydrogens (tertiary/aromatic N) is 3. The Kier molecular flexibility index (Phi) is 9.46. The minimum Gasteiger partial charge on any atom is -0.477 e. The number of carboxylic acid groups (broad SMARTS) is 1. The van der Waals surface area contributed by atoms with Gasteiger partial charge in [0.2, 0.25) is 5.91 Å². The standard InChI is InChI=1S/C31H43N3O7S/c1-7-8-23-17-24(25(42-23)27(36)37)34(26(35)21-11-9-20(2)10-12-21)22-13-15-32(18-22)28(38)41-31(6)14-16-33(19-31)29(39)40-30(3,4)5/h17,20-22H,9-16,18-19H2,1-6H3,(H,36,37)/t20?,21?,22-,31?/m0/s1. The van der Waals surface area contributed by atoms with Crippen LogP contribution in [-0.4, -0.2) is 82.4 Å². The molecule has 1 aromatic rings. The molecule has 0 bridgehead atoms. The topological polar surface area (TPSA) is 117 Å². The molecule has 1 saturated carbocycles. The fourth-order valence-electron chi connectivity index (χ4n) is 5.99. The Bertz CT molecular complexity index is 1270. The molecule has 3 aliphatic rings. The molecule has 1 N–H and O–H groups in total. The zero-order valence-electron chi connectivity index (χ0n) is 25.5. The molecule has 3 amide bonds. The highest BCUT2D eigenvalue weighted by molar-refractivity contribution is 7.15. The number of likely N-dealkylation sites (tertiary alicyclic amines) is 2. The van der Waals surface area contributed by atoms with E-state index in [1.54, 1.807) is 48.5 Å². The lowest BCUT2D eigenvalue weighted by Gasteiger charge is -2.35. The van der Waals surface area contributed by atoms with Crippen LogP contribution >= 0.6 is 11.3 Å². The number of carbonyl (C=O) groups excluding carboxylic acids is 3. The molecule has 1 aliphatic carbocycles. The molecule has 10 nitrogen and oxygen atoms in total. The Labute approximate surface area is 252 Å². The molecule has 4 rings (SSSR count). The maximum absolute atomic E-state index is 14.1. The quantitative estimate of drug-likeness (QED) is 0.438. The summed E-state index contributed by atoms with van der Waals surface area (Å²) in [6.07, 6.45) is 3.46. The second kappa shape index (κ2) is 12.5. The molecule has 2 saturated heterocycles. The van der Waals surface area contributed by atoms with Gasteiger partial charge in [-0.05, 0) is 78.7 Å². The highest BCUT2D eigenvalue weighted by atomic mass is 32.1. The summed E-state index contributed by atoms with van der Waals surface area (Å²) in [5, 5.41) is 10.0. The predicted molar refractivity (Wildman–Crippen MR) is 160 cm³/mol. The van der Waals surface area contributed by atoms with Crippen LogP contribution in [0.4, 0.5) is 15.3 Å². The lowest BCUT2D eigenvalue weighted by atomic mass is 9.82. The van der Waals surface area contributed by atoms with E-state index in [0.29, 0.717) is 42.4 Å². The van der Waals surface area contributed by atoms with E-state index in [1.165, 1.54) is 0 Å². The number of anilines is 1. The van der Waals surface area contributed by atoms with E-state index in [1.807, 2.05) is 6.92 Å². The minimum absolute atomic E-state index is 0.0759. The highest BCUT2D eigenvalue weighted by Crippen LogP contribution is 2.38. The fourth-order valence-corrected chi connectivity index (χ4v) is 6.88. The van der Waals surface area contributed by atoms with E-state index in [2.05, 4.69) is 18.8 Å². The SMILES string of the molecule is CC#Cc1cc(N(C(=O)C2CCC(C)CC2)[C@H]2CCN(C(=O)OC3(C)CCN(C(=O)OC(C)(C)C)C3)C2)c(C(=O)O)s1. The third-order valence-corrected chi connectivity index (χ3v) is 9.25. The van der Waals surface area contributed by atoms with Crippen LogP contribution < -0.4 is 4.90 Å². The average Bonchev–Trinajstić information content (AvgIpc) is 3.63. The van der Waals surface area contributed by atoms with Gasteiger partial charge in [-0.2, -0.15) is 0 Å². The van der Waals surface area contributed by atoms with Crippen LogP contribution in [0.25, 0.3) is 0 Å². The summed E-state index contributed by atoms with van der Waals surface area (Å²) in [6, 6.07) is 1.30. The van der Waals surface area contributed by atoms with Crippen LogP contribution in [0.3, 0.4) is 0 Å². The Morgan fingerprint density at radius 2 is 1.76 bits per heavy atom. The van der Waals surface area contributed by atoms with Gasteiger partial charge in [0.15, 0.2) is 0 Å². The van der Waals surface area contributed by atoms with E-state index in [9.17, 15) is 24.3 Å². The molecule has 42 heavy (non-hydrogen) atoms. The largest absolute Gasteiger partial charge is 0.477 e. The van der Waals surface area contributed by atoms with E-state index >= 15 is 0 Å². The zero-order chi connectivity index (χ0) is 30.8. The highest BCUT2D eigenvalue weighted by Gasteiger charge is 2.44. The van der Waals surface area contributed by atoms with Gasteiger partial charge in [-0.3, -0.25) is 4.79 Å². The third-order valence-electron chi connectivity index (χ3n) is 8.22. The second-order valence-electron chi connectivity index (χ2n) is 13.0. The van der Waals surface area contributed by atoms with Crippen molar-refractivity contribution in [3.63, 3.8) is 0 Å². The van der Waals surface area contributed by atoms with Gasteiger partial charge < -0.3 is 29.3 Å². The number of ether oxygens (including phenoxy) is 2. The summed E-state index contributed by atoms with van der Waals surface area (Å²) in [5.41, 5.74) is -1.13. The van der Waals surface area contributed by atoms with Crippen molar-refractivity contribution in [3.8, 4) is 11.8 Å². The molecule has 1 aromatic heterocycles. The number of thiophene rings is 1. The maximum Gasteiger partial charge on any atom is 0.410 e. The van der Waals surface area contributed by atoms with Gasteiger partial charge in [0.1, 0.15) is 16.1 Å².